The van der Waals surface area contributed by atoms with Crippen molar-refractivity contribution in [2.45, 2.75) is 107 Å². The molecule has 0 saturated carbocycles. The van der Waals surface area contributed by atoms with Crippen LogP contribution >= 0.6 is 0 Å². The van der Waals surface area contributed by atoms with E-state index in [0.717, 1.165) is 54.0 Å². The maximum absolute atomic E-state index is 6.02. The smallest absolute Gasteiger partial charge is 0.118 e. The number of unbranched alkanes of at least 4 members (excludes halogenated alkanes) is 1. The van der Waals surface area contributed by atoms with Crippen LogP contribution in [0.3, 0.4) is 0 Å². The highest BCUT2D eigenvalue weighted by molar-refractivity contribution is 6.08. The zero-order valence-corrected chi connectivity index (χ0v) is 25.5. The average molecular weight is 497 g/mol. The predicted octanol–water partition coefficient (Wildman–Crippen LogP) is 9.30. The molecule has 1 rings (SSSR count). The second kappa shape index (κ2) is 25.9. The van der Waals surface area contributed by atoms with Gasteiger partial charge < -0.3 is 10.5 Å². The van der Waals surface area contributed by atoms with Gasteiger partial charge in [-0.2, -0.15) is 0 Å². The lowest BCUT2D eigenvalue weighted by Crippen LogP contribution is -2.12. The molecule has 0 amide bonds. The summed E-state index contributed by atoms with van der Waals surface area (Å²) in [5, 5.41) is 0. The monoisotopic (exact) mass is 496 g/mol. The predicted molar refractivity (Wildman–Crippen MR) is 167 cm³/mol. The van der Waals surface area contributed by atoms with Crippen molar-refractivity contribution in [2.24, 2.45) is 16.6 Å². The van der Waals surface area contributed by atoms with Gasteiger partial charge in [0, 0.05) is 7.05 Å². The number of aliphatic imine (C=N–C) groups is 1. The van der Waals surface area contributed by atoms with Crippen LogP contribution in [-0.2, 0) is 6.42 Å². The van der Waals surface area contributed by atoms with Crippen LogP contribution in [0.4, 0.5) is 0 Å². The van der Waals surface area contributed by atoms with E-state index in [-0.39, 0.29) is 0 Å². The van der Waals surface area contributed by atoms with Crippen molar-refractivity contribution in [1.29, 1.82) is 0 Å². The van der Waals surface area contributed by atoms with Crippen molar-refractivity contribution >= 4 is 13.6 Å². The molecule has 0 aromatic heterocycles. The molecule has 0 fully saturated rings. The van der Waals surface area contributed by atoms with Gasteiger partial charge in [-0.3, -0.25) is 4.99 Å². The molecule has 0 aliphatic heterocycles. The highest BCUT2D eigenvalue weighted by atomic mass is 16.5. The van der Waals surface area contributed by atoms with Crippen molar-refractivity contribution in [3.63, 3.8) is 0 Å². The summed E-state index contributed by atoms with van der Waals surface area (Å²) in [6.45, 7) is 24.4. The molecule has 1 aromatic carbocycles. The van der Waals surface area contributed by atoms with E-state index in [1.54, 1.807) is 14.2 Å². The van der Waals surface area contributed by atoms with Gasteiger partial charge in [0.1, 0.15) is 5.75 Å². The maximum atomic E-state index is 6.02. The van der Waals surface area contributed by atoms with Crippen LogP contribution in [0.1, 0.15) is 99.5 Å². The lowest BCUT2D eigenvalue weighted by Gasteiger charge is -2.17. The minimum Gasteiger partial charge on any atom is -0.497 e. The number of nitrogens with zero attached hydrogens (tertiary/aromatic N) is 1. The van der Waals surface area contributed by atoms with Crippen LogP contribution in [0.25, 0.3) is 0 Å². The second-order valence-corrected chi connectivity index (χ2v) is 8.81. The zero-order chi connectivity index (χ0) is 28.5. The lowest BCUT2D eigenvalue weighted by atomic mass is 9.82. The van der Waals surface area contributed by atoms with E-state index in [9.17, 15) is 0 Å². The molecule has 4 heteroatoms. The maximum Gasteiger partial charge on any atom is 0.118 e. The summed E-state index contributed by atoms with van der Waals surface area (Å²) in [4.78, 5) is 4.10. The Labute approximate surface area is 226 Å². The Bertz CT molecular complexity index is 725. The third-order valence-corrected chi connectivity index (χ3v) is 5.75. The van der Waals surface area contributed by atoms with Crippen LogP contribution < -0.4 is 10.5 Å². The van der Waals surface area contributed by atoms with E-state index in [0.29, 0.717) is 12.2 Å². The third kappa shape index (κ3) is 20.0. The van der Waals surface area contributed by atoms with Gasteiger partial charge in [-0.15, -0.1) is 6.58 Å². The molecule has 3 nitrogen and oxygen atoms in total. The Morgan fingerprint density at radius 3 is 1.92 bits per heavy atom. The van der Waals surface area contributed by atoms with E-state index >= 15 is 0 Å². The van der Waals surface area contributed by atoms with E-state index < -0.39 is 0 Å². The van der Waals surface area contributed by atoms with Crippen molar-refractivity contribution in [1.82, 2.24) is 0 Å². The third-order valence-electron chi connectivity index (χ3n) is 5.75. The second-order valence-electron chi connectivity index (χ2n) is 8.81. The van der Waals surface area contributed by atoms with Crippen LogP contribution in [0.15, 0.2) is 64.8 Å². The van der Waals surface area contributed by atoms with Gasteiger partial charge in [0.15, 0.2) is 0 Å². The molecular formula is C32H57BN2O. The van der Waals surface area contributed by atoms with Crippen LogP contribution in [-0.4, -0.2) is 27.7 Å². The first kappa shape index (κ1) is 38.3. The summed E-state index contributed by atoms with van der Waals surface area (Å²) in [6, 6.07) is 8.13. The molecule has 1 aromatic rings. The van der Waals surface area contributed by atoms with E-state index in [1.807, 2.05) is 39.8 Å². The van der Waals surface area contributed by atoms with Gasteiger partial charge in [0.05, 0.1) is 26.4 Å². The molecule has 2 N–H and O–H groups in total. The van der Waals surface area contributed by atoms with Gasteiger partial charge in [0.25, 0.3) is 0 Å². The molecule has 36 heavy (non-hydrogen) atoms. The Morgan fingerprint density at radius 1 is 1.03 bits per heavy atom. The molecule has 0 spiro atoms. The van der Waals surface area contributed by atoms with E-state index in [4.69, 9.17) is 18.3 Å². The standard InChI is InChI=1S/C14H25BN2.C9H12O.C7H14.C2H6/c1-6-7-13(9-15)8-10(2)11(3)14(16)12(4)17-5;1-3-8-4-6-9(10-2)7-5-8;1-4-5-6-7(2)3;1-2/h13H,2,6-9,16H2,1,3-5H3;4-7H,3H2,1-2H3;2,4-6H2,1,3H3;1-2H3/b14-11+,17-12?;;;. The fraction of sp³-hybridized carbons (Fsp3) is 0.594. The molecule has 0 heterocycles. The SMILES string of the molecule is C=C(C)CCCC.CC.CCc1ccc(OC)cc1.[B]CC(CCC)CC(=C)/C(C)=C(/N)C(C)=NC. The number of allylic oxidation sites excluding steroid dienone is 4. The molecule has 0 aliphatic rings. The average Bonchev–Trinajstić information content (AvgIpc) is 2.91. The van der Waals surface area contributed by atoms with Crippen LogP contribution in [0.2, 0.25) is 6.32 Å². The molecular weight excluding hydrogens is 439 g/mol. The van der Waals surface area contributed by atoms with E-state index in [2.05, 4.69) is 58.0 Å². The zero-order valence-electron chi connectivity index (χ0n) is 25.5. The number of rotatable bonds is 12. The minimum absolute atomic E-state index is 0.508. The number of hydrogen-bond donors (Lipinski definition) is 1. The van der Waals surface area contributed by atoms with Gasteiger partial charge in [-0.25, -0.2) is 0 Å². The van der Waals surface area contributed by atoms with Crippen molar-refractivity contribution < 1.29 is 4.74 Å². The Balaban J connectivity index is -0.000000483. The first-order valence-electron chi connectivity index (χ1n) is 13.7. The fourth-order valence-electron chi connectivity index (χ4n) is 3.14. The molecule has 1 unspecified atom stereocenters. The summed E-state index contributed by atoms with van der Waals surface area (Å²) in [5.41, 5.74) is 12.4. The van der Waals surface area contributed by atoms with Crippen LogP contribution in [0.5, 0.6) is 5.75 Å². The van der Waals surface area contributed by atoms with Crippen LogP contribution in [0, 0.1) is 5.92 Å². The van der Waals surface area contributed by atoms with Crippen molar-refractivity contribution in [3.8, 4) is 5.75 Å². The highest BCUT2D eigenvalue weighted by Gasteiger charge is 2.11. The minimum atomic E-state index is 0.508. The molecule has 2 radical (unpaired) electrons. The largest absolute Gasteiger partial charge is 0.497 e. The molecule has 0 saturated heterocycles. The lowest BCUT2D eigenvalue weighted by molar-refractivity contribution is 0.414. The Hall–Kier alpha value is -2.23. The topological polar surface area (TPSA) is 47.6 Å². The van der Waals surface area contributed by atoms with E-state index in [1.165, 1.54) is 30.4 Å². The number of aryl methyl sites for hydroxylation is 1. The normalized spacial score (nSPS) is 11.8. The van der Waals surface area contributed by atoms with Gasteiger partial charge in [-0.05, 0) is 81.2 Å². The number of ether oxygens (including phenoxy) is 1. The summed E-state index contributed by atoms with van der Waals surface area (Å²) in [7, 11) is 9.19. The quantitative estimate of drug-likeness (QED) is 0.136. The Kier molecular flexibility index (Phi) is 27.5. The highest BCUT2D eigenvalue weighted by Crippen LogP contribution is 2.24. The number of methoxy groups -OCH3 is 1. The fourth-order valence-corrected chi connectivity index (χ4v) is 3.14. The van der Waals surface area contributed by atoms with Crippen molar-refractivity contribution in [3.05, 3.63) is 65.4 Å². The molecule has 1 atom stereocenters. The first-order chi connectivity index (χ1) is 17.1. The Morgan fingerprint density at radius 2 is 1.58 bits per heavy atom. The number of nitrogens with two attached hydrogens (primary N) is 1. The summed E-state index contributed by atoms with van der Waals surface area (Å²) in [6.07, 6.45) is 8.81. The number of hydrogen-bond acceptors (Lipinski definition) is 3. The van der Waals surface area contributed by atoms with Gasteiger partial charge >= 0.3 is 0 Å². The van der Waals surface area contributed by atoms with Gasteiger partial charge in [0.2, 0.25) is 0 Å². The summed E-state index contributed by atoms with van der Waals surface area (Å²) >= 11 is 0. The summed E-state index contributed by atoms with van der Waals surface area (Å²) in [5.74, 6) is 1.44. The molecule has 204 valence electrons. The van der Waals surface area contributed by atoms with Gasteiger partial charge in [-0.1, -0.05) is 84.5 Å². The number of benzene rings is 1. The molecule has 0 bridgehead atoms. The van der Waals surface area contributed by atoms with Crippen molar-refractivity contribution in [2.75, 3.05) is 14.2 Å². The summed E-state index contributed by atoms with van der Waals surface area (Å²) < 4.78 is 5.01. The first-order valence-corrected chi connectivity index (χ1v) is 13.7. The molecule has 0 aliphatic carbocycles.